The van der Waals surface area contributed by atoms with Gasteiger partial charge in [0.15, 0.2) is 0 Å². The average Bonchev–Trinajstić information content (AvgIpc) is 2.99. The van der Waals surface area contributed by atoms with E-state index in [4.69, 9.17) is 23.2 Å². The molecule has 27 heavy (non-hydrogen) atoms. The zero-order chi connectivity index (χ0) is 19.0. The van der Waals surface area contributed by atoms with Crippen LogP contribution in [0.15, 0.2) is 48.5 Å². The third-order valence-corrected chi connectivity index (χ3v) is 5.90. The first kappa shape index (κ1) is 18.3. The standard InChI is InChI=1S/C20H19Cl2N3O2/c21-16-7-6-15(12-17(16)22)23-8-10-24(11-9-23)18-13-19(26)25(20(18)27)14-4-2-1-3-5-14/h1-7,12,18H,8-11,13H2/t18-/m1/s1. The van der Waals surface area contributed by atoms with E-state index in [1.165, 1.54) is 4.90 Å². The summed E-state index contributed by atoms with van der Waals surface area (Å²) in [4.78, 5) is 30.9. The lowest BCUT2D eigenvalue weighted by Gasteiger charge is -2.38. The second-order valence-corrected chi connectivity index (χ2v) is 7.56. The van der Waals surface area contributed by atoms with E-state index in [-0.39, 0.29) is 24.3 Å². The first-order valence-corrected chi connectivity index (χ1v) is 9.66. The number of hydrogen-bond acceptors (Lipinski definition) is 4. The van der Waals surface area contributed by atoms with E-state index in [9.17, 15) is 9.59 Å². The molecule has 1 atom stereocenters. The van der Waals surface area contributed by atoms with Crippen molar-refractivity contribution in [2.75, 3.05) is 36.0 Å². The van der Waals surface area contributed by atoms with Gasteiger partial charge in [0.2, 0.25) is 5.91 Å². The maximum atomic E-state index is 12.9. The monoisotopic (exact) mass is 403 g/mol. The van der Waals surface area contributed by atoms with Gasteiger partial charge in [0, 0.05) is 31.9 Å². The molecule has 0 aromatic heterocycles. The molecule has 0 aliphatic carbocycles. The van der Waals surface area contributed by atoms with Crippen molar-refractivity contribution < 1.29 is 9.59 Å². The second kappa shape index (κ2) is 7.50. The quantitative estimate of drug-likeness (QED) is 0.736. The summed E-state index contributed by atoms with van der Waals surface area (Å²) in [6.45, 7) is 2.96. The number of nitrogens with zero attached hydrogens (tertiary/aromatic N) is 3. The highest BCUT2D eigenvalue weighted by atomic mass is 35.5. The van der Waals surface area contributed by atoms with Crippen LogP contribution in [0.1, 0.15) is 6.42 Å². The summed E-state index contributed by atoms with van der Waals surface area (Å²) >= 11 is 12.1. The molecule has 0 unspecified atom stereocenters. The molecule has 2 heterocycles. The Bertz CT molecular complexity index is 867. The third kappa shape index (κ3) is 3.55. The van der Waals surface area contributed by atoms with Crippen molar-refractivity contribution in [3.63, 3.8) is 0 Å². The van der Waals surface area contributed by atoms with Crippen molar-refractivity contribution in [2.45, 2.75) is 12.5 Å². The lowest BCUT2D eigenvalue weighted by Crippen LogP contribution is -2.52. The van der Waals surface area contributed by atoms with Gasteiger partial charge >= 0.3 is 0 Å². The molecule has 2 aliphatic rings. The number of hydrogen-bond donors (Lipinski definition) is 0. The van der Waals surface area contributed by atoms with Crippen molar-refractivity contribution in [2.24, 2.45) is 0 Å². The summed E-state index contributed by atoms with van der Waals surface area (Å²) in [6, 6.07) is 14.3. The molecule has 2 aromatic carbocycles. The maximum absolute atomic E-state index is 12.9. The van der Waals surface area contributed by atoms with Gasteiger partial charge in [-0.15, -0.1) is 0 Å². The van der Waals surface area contributed by atoms with Crippen molar-refractivity contribution >= 4 is 46.4 Å². The van der Waals surface area contributed by atoms with Crippen LogP contribution in [0.3, 0.4) is 0 Å². The summed E-state index contributed by atoms with van der Waals surface area (Å²) in [6.07, 6.45) is 0.237. The van der Waals surface area contributed by atoms with E-state index in [1.807, 2.05) is 30.3 Å². The molecule has 0 spiro atoms. The Morgan fingerprint density at radius 2 is 1.52 bits per heavy atom. The number of anilines is 2. The molecule has 4 rings (SSSR count). The molecule has 2 amide bonds. The third-order valence-electron chi connectivity index (χ3n) is 5.16. The van der Waals surface area contributed by atoms with Crippen molar-refractivity contribution in [3.05, 3.63) is 58.6 Å². The van der Waals surface area contributed by atoms with Gasteiger partial charge in [-0.3, -0.25) is 14.5 Å². The van der Waals surface area contributed by atoms with Crippen molar-refractivity contribution in [3.8, 4) is 0 Å². The van der Waals surface area contributed by atoms with Gasteiger partial charge in [-0.1, -0.05) is 41.4 Å². The first-order chi connectivity index (χ1) is 13.0. The molecule has 2 aliphatic heterocycles. The van der Waals surface area contributed by atoms with Crippen molar-refractivity contribution in [1.82, 2.24) is 4.90 Å². The number of para-hydroxylation sites is 1. The number of amides is 2. The highest BCUT2D eigenvalue weighted by Crippen LogP contribution is 2.29. The van der Waals surface area contributed by atoms with E-state index in [0.717, 1.165) is 18.8 Å². The van der Waals surface area contributed by atoms with E-state index in [2.05, 4.69) is 9.80 Å². The fraction of sp³-hybridized carbons (Fsp3) is 0.300. The number of imide groups is 1. The number of rotatable bonds is 3. The van der Waals surface area contributed by atoms with Crippen LogP contribution in [0.2, 0.25) is 10.0 Å². The van der Waals surface area contributed by atoms with Crippen LogP contribution in [-0.4, -0.2) is 48.9 Å². The van der Waals surface area contributed by atoms with Crippen LogP contribution in [0.4, 0.5) is 11.4 Å². The van der Waals surface area contributed by atoms with E-state index >= 15 is 0 Å². The van der Waals surface area contributed by atoms with Gasteiger partial charge < -0.3 is 4.90 Å². The number of halogens is 2. The Kier molecular flexibility index (Phi) is 5.08. The van der Waals surface area contributed by atoms with Crippen LogP contribution in [-0.2, 0) is 9.59 Å². The SMILES string of the molecule is O=C1C[C@@H](N2CCN(c3ccc(Cl)c(Cl)c3)CC2)C(=O)N1c1ccccc1. The molecule has 5 nitrogen and oxygen atoms in total. The van der Waals surface area contributed by atoms with Gasteiger partial charge in [0.1, 0.15) is 0 Å². The molecule has 0 saturated carbocycles. The minimum absolute atomic E-state index is 0.130. The lowest BCUT2D eigenvalue weighted by atomic mass is 10.1. The second-order valence-electron chi connectivity index (χ2n) is 6.74. The van der Waals surface area contributed by atoms with Gasteiger partial charge in [0.05, 0.1) is 28.2 Å². The van der Waals surface area contributed by atoms with Gasteiger partial charge in [0.25, 0.3) is 5.91 Å². The zero-order valence-corrected chi connectivity index (χ0v) is 16.2. The molecule has 7 heteroatoms. The lowest BCUT2D eigenvalue weighted by molar-refractivity contribution is -0.123. The van der Waals surface area contributed by atoms with Crippen LogP contribution in [0.25, 0.3) is 0 Å². The maximum Gasteiger partial charge on any atom is 0.251 e. The Morgan fingerprint density at radius 3 is 2.19 bits per heavy atom. The topological polar surface area (TPSA) is 43.9 Å². The molecule has 140 valence electrons. The molecule has 2 fully saturated rings. The average molecular weight is 404 g/mol. The van der Waals surface area contributed by atoms with Crippen LogP contribution in [0.5, 0.6) is 0 Å². The molecular formula is C20H19Cl2N3O2. The van der Waals surface area contributed by atoms with E-state index < -0.39 is 0 Å². The summed E-state index contributed by atoms with van der Waals surface area (Å²) < 4.78 is 0. The van der Waals surface area contributed by atoms with E-state index in [1.54, 1.807) is 18.2 Å². The summed E-state index contributed by atoms with van der Waals surface area (Å²) in [5, 5.41) is 1.07. The first-order valence-electron chi connectivity index (χ1n) is 8.90. The predicted octanol–water partition coefficient (Wildman–Crippen LogP) is 3.45. The highest BCUT2D eigenvalue weighted by molar-refractivity contribution is 6.42. The van der Waals surface area contributed by atoms with Crippen LogP contribution >= 0.6 is 23.2 Å². The Labute approximate surface area is 168 Å². The van der Waals surface area contributed by atoms with Gasteiger partial charge in [-0.2, -0.15) is 0 Å². The molecular weight excluding hydrogens is 385 g/mol. The van der Waals surface area contributed by atoms with Crippen LogP contribution < -0.4 is 9.80 Å². The minimum Gasteiger partial charge on any atom is -0.369 e. The minimum atomic E-state index is -0.381. The van der Waals surface area contributed by atoms with Crippen molar-refractivity contribution in [1.29, 1.82) is 0 Å². The zero-order valence-electron chi connectivity index (χ0n) is 14.6. The molecule has 2 aromatic rings. The van der Waals surface area contributed by atoms with Gasteiger partial charge in [-0.05, 0) is 30.3 Å². The Morgan fingerprint density at radius 1 is 0.815 bits per heavy atom. The molecule has 0 bridgehead atoms. The normalized spacial score (nSPS) is 21.2. The Balaban J connectivity index is 1.43. The van der Waals surface area contributed by atoms with Gasteiger partial charge in [-0.25, -0.2) is 4.90 Å². The summed E-state index contributed by atoms with van der Waals surface area (Å²) in [5.74, 6) is -0.266. The largest absolute Gasteiger partial charge is 0.369 e. The number of piperazine rings is 1. The molecule has 0 radical (unpaired) electrons. The Hall–Kier alpha value is -2.08. The molecule has 2 saturated heterocycles. The highest BCUT2D eigenvalue weighted by Gasteiger charge is 2.43. The predicted molar refractivity (Wildman–Crippen MR) is 108 cm³/mol. The fourth-order valence-electron chi connectivity index (χ4n) is 3.72. The number of carbonyl (C=O) groups excluding carboxylic acids is 2. The number of benzene rings is 2. The molecule has 0 N–H and O–H groups in total. The smallest absolute Gasteiger partial charge is 0.251 e. The fourth-order valence-corrected chi connectivity index (χ4v) is 4.02. The van der Waals surface area contributed by atoms with E-state index in [0.29, 0.717) is 28.8 Å². The number of carbonyl (C=O) groups is 2. The summed E-state index contributed by atoms with van der Waals surface area (Å²) in [7, 11) is 0. The summed E-state index contributed by atoms with van der Waals surface area (Å²) in [5.41, 5.74) is 1.66. The van der Waals surface area contributed by atoms with Crippen LogP contribution in [0, 0.1) is 0 Å².